The van der Waals surface area contributed by atoms with Crippen LogP contribution in [0.3, 0.4) is 0 Å². The van der Waals surface area contributed by atoms with Gasteiger partial charge in [-0.1, -0.05) is 57.0 Å². The maximum absolute atomic E-state index is 6.45. The number of halogens is 2. The maximum Gasteiger partial charge on any atom is 0.172 e. The number of rotatable bonds is 9. The lowest BCUT2D eigenvalue weighted by Crippen LogP contribution is -2.38. The molecule has 0 saturated heterocycles. The third-order valence-electron chi connectivity index (χ3n) is 7.91. The fraction of sp³-hybridized carbons (Fsp3) is 0.556. The highest BCUT2D eigenvalue weighted by Gasteiger charge is 2.32. The van der Waals surface area contributed by atoms with E-state index in [4.69, 9.17) is 16.6 Å². The van der Waals surface area contributed by atoms with Crippen molar-refractivity contribution in [1.82, 2.24) is 19.5 Å². The van der Waals surface area contributed by atoms with Gasteiger partial charge in [0.05, 0.1) is 16.4 Å². The van der Waals surface area contributed by atoms with Crippen molar-refractivity contribution in [3.8, 4) is 11.3 Å². The van der Waals surface area contributed by atoms with Gasteiger partial charge in [-0.15, -0.1) is 0 Å². The predicted octanol–water partition coefficient (Wildman–Crippen LogP) is 7.54. The number of nitrogens with one attached hydrogen (secondary N) is 1. The van der Waals surface area contributed by atoms with Gasteiger partial charge >= 0.3 is 0 Å². The molecule has 34 heavy (non-hydrogen) atoms. The lowest BCUT2D eigenvalue weighted by molar-refractivity contribution is 0.0978. The molecular formula is C27H37BrClN5. The molecule has 7 heteroatoms. The maximum atomic E-state index is 6.45. The number of hydrogen-bond acceptors (Lipinski definition) is 4. The van der Waals surface area contributed by atoms with E-state index in [1.54, 1.807) is 6.20 Å². The van der Waals surface area contributed by atoms with Gasteiger partial charge < -0.3 is 10.2 Å². The highest BCUT2D eigenvalue weighted by Crippen LogP contribution is 2.41. The van der Waals surface area contributed by atoms with Gasteiger partial charge in [0.2, 0.25) is 0 Å². The lowest BCUT2D eigenvalue weighted by atomic mass is 9.69. The van der Waals surface area contributed by atoms with Crippen molar-refractivity contribution in [2.75, 3.05) is 25.5 Å². The van der Waals surface area contributed by atoms with Crippen LogP contribution in [0.15, 0.2) is 41.0 Å². The summed E-state index contributed by atoms with van der Waals surface area (Å²) in [5.74, 6) is 1.80. The van der Waals surface area contributed by atoms with Gasteiger partial charge in [-0.3, -0.25) is 0 Å². The third kappa shape index (κ3) is 5.60. The van der Waals surface area contributed by atoms with Crippen LogP contribution in [-0.2, 0) is 0 Å². The smallest absolute Gasteiger partial charge is 0.172 e. The Balaban J connectivity index is 1.36. The van der Waals surface area contributed by atoms with Crippen molar-refractivity contribution in [3.63, 3.8) is 0 Å². The number of fused-ring (bicyclic) bond motifs is 1. The molecule has 184 valence electrons. The van der Waals surface area contributed by atoms with E-state index in [0.29, 0.717) is 16.5 Å². The average Bonchev–Trinajstić information content (AvgIpc) is 3.22. The molecule has 0 unspecified atom stereocenters. The second-order valence-corrected chi connectivity index (χ2v) is 11.6. The minimum Gasteiger partial charge on any atom is -0.370 e. The number of benzene rings is 1. The fourth-order valence-electron chi connectivity index (χ4n) is 5.18. The monoisotopic (exact) mass is 545 g/mol. The summed E-state index contributed by atoms with van der Waals surface area (Å²) in [6.45, 7) is 9.19. The zero-order chi connectivity index (χ0) is 24.3. The van der Waals surface area contributed by atoms with Gasteiger partial charge in [-0.05, 0) is 79.0 Å². The fourth-order valence-corrected chi connectivity index (χ4v) is 5.76. The molecule has 1 fully saturated rings. The summed E-state index contributed by atoms with van der Waals surface area (Å²) in [5, 5.41) is 8.79. The van der Waals surface area contributed by atoms with Gasteiger partial charge in [0.25, 0.3) is 0 Å². The number of anilines is 1. The molecule has 0 atom stereocenters. The Labute approximate surface area is 217 Å². The molecule has 2 aromatic heterocycles. The minimum atomic E-state index is 0.480. The van der Waals surface area contributed by atoms with Crippen LogP contribution in [0, 0.1) is 11.3 Å². The quantitative estimate of drug-likeness (QED) is 0.282. The molecule has 0 aliphatic heterocycles. The minimum absolute atomic E-state index is 0.480. The Morgan fingerprint density at radius 1 is 1.21 bits per heavy atom. The molecule has 1 N–H and O–H groups in total. The summed E-state index contributed by atoms with van der Waals surface area (Å²) in [7, 11) is 2.29. The predicted molar refractivity (Wildman–Crippen MR) is 147 cm³/mol. The van der Waals surface area contributed by atoms with Crippen LogP contribution in [0.5, 0.6) is 0 Å². The molecule has 0 spiro atoms. The standard InChI is InChI=1S/C27H37BrClN5/c1-5-27(2,3)19-11-13-20(14-12-19)33(4)16-8-15-30-25-17-24(21-9-6-7-10-23(21)29)32-26-22(28)18-31-34(25)26/h6-7,9-10,17-20,30H,5,8,11-16H2,1-4H3. The molecular weight excluding hydrogens is 510 g/mol. The van der Waals surface area contributed by atoms with Crippen LogP contribution < -0.4 is 5.32 Å². The Morgan fingerprint density at radius 2 is 1.94 bits per heavy atom. The third-order valence-corrected chi connectivity index (χ3v) is 8.80. The average molecular weight is 547 g/mol. The van der Waals surface area contributed by atoms with Crippen molar-refractivity contribution in [2.24, 2.45) is 11.3 Å². The van der Waals surface area contributed by atoms with Crippen LogP contribution in [0.4, 0.5) is 5.82 Å². The first-order valence-electron chi connectivity index (χ1n) is 12.5. The molecule has 1 aliphatic rings. The number of aromatic nitrogens is 3. The largest absolute Gasteiger partial charge is 0.370 e. The van der Waals surface area contributed by atoms with E-state index >= 15 is 0 Å². The molecule has 4 rings (SSSR count). The summed E-state index contributed by atoms with van der Waals surface area (Å²) in [4.78, 5) is 7.36. The topological polar surface area (TPSA) is 45.5 Å². The van der Waals surface area contributed by atoms with E-state index in [9.17, 15) is 0 Å². The Hall–Kier alpha value is -1.63. The van der Waals surface area contributed by atoms with Crippen LogP contribution >= 0.6 is 27.5 Å². The second-order valence-electron chi connectivity index (χ2n) is 10.3. The molecule has 0 radical (unpaired) electrons. The summed E-state index contributed by atoms with van der Waals surface area (Å²) in [6.07, 6.45) is 9.51. The summed E-state index contributed by atoms with van der Waals surface area (Å²) >= 11 is 10.0. The SMILES string of the molecule is CCC(C)(C)C1CCC(N(C)CCCNc2cc(-c3ccccc3Cl)nc3c(Br)cnn23)CC1. The van der Waals surface area contributed by atoms with Crippen molar-refractivity contribution >= 4 is 39.0 Å². The first kappa shape index (κ1) is 25.5. The molecule has 2 heterocycles. The highest BCUT2D eigenvalue weighted by atomic mass is 79.9. The van der Waals surface area contributed by atoms with E-state index in [2.05, 4.69) is 59.1 Å². The van der Waals surface area contributed by atoms with Crippen LogP contribution in [0.1, 0.15) is 59.3 Å². The molecule has 1 aromatic carbocycles. The lowest BCUT2D eigenvalue weighted by Gasteiger charge is -2.41. The summed E-state index contributed by atoms with van der Waals surface area (Å²) in [5.41, 5.74) is 3.02. The molecule has 0 amide bonds. The highest BCUT2D eigenvalue weighted by molar-refractivity contribution is 9.10. The zero-order valence-corrected chi connectivity index (χ0v) is 23.2. The summed E-state index contributed by atoms with van der Waals surface area (Å²) in [6, 6.07) is 10.6. The molecule has 1 aliphatic carbocycles. The van der Waals surface area contributed by atoms with Crippen LogP contribution in [-0.4, -0.2) is 45.7 Å². The Kier molecular flexibility index (Phi) is 8.21. The van der Waals surface area contributed by atoms with E-state index in [1.165, 1.54) is 32.1 Å². The van der Waals surface area contributed by atoms with E-state index in [0.717, 1.165) is 52.6 Å². The Morgan fingerprint density at radius 3 is 2.65 bits per heavy atom. The zero-order valence-electron chi connectivity index (χ0n) is 20.8. The van der Waals surface area contributed by atoms with Gasteiger partial charge in [-0.25, -0.2) is 4.98 Å². The van der Waals surface area contributed by atoms with Crippen molar-refractivity contribution in [1.29, 1.82) is 0 Å². The summed E-state index contributed by atoms with van der Waals surface area (Å²) < 4.78 is 2.72. The van der Waals surface area contributed by atoms with Gasteiger partial charge in [0.1, 0.15) is 5.82 Å². The van der Waals surface area contributed by atoms with E-state index in [1.807, 2.05) is 34.8 Å². The van der Waals surface area contributed by atoms with E-state index in [-0.39, 0.29) is 0 Å². The number of hydrogen-bond donors (Lipinski definition) is 1. The normalized spacial score (nSPS) is 19.1. The van der Waals surface area contributed by atoms with Crippen molar-refractivity contribution in [3.05, 3.63) is 46.0 Å². The number of nitrogens with zero attached hydrogens (tertiary/aromatic N) is 4. The Bertz CT molecular complexity index is 1100. The first-order chi connectivity index (χ1) is 16.3. The van der Waals surface area contributed by atoms with E-state index < -0.39 is 0 Å². The van der Waals surface area contributed by atoms with Crippen molar-refractivity contribution < 1.29 is 0 Å². The molecule has 3 aromatic rings. The van der Waals surface area contributed by atoms with Crippen LogP contribution in [0.25, 0.3) is 16.9 Å². The first-order valence-corrected chi connectivity index (χ1v) is 13.7. The van der Waals surface area contributed by atoms with Gasteiger partial charge in [0.15, 0.2) is 5.65 Å². The van der Waals surface area contributed by atoms with Crippen molar-refractivity contribution in [2.45, 2.75) is 65.3 Å². The van der Waals surface area contributed by atoms with Gasteiger partial charge in [0, 0.05) is 29.2 Å². The molecule has 0 bridgehead atoms. The van der Waals surface area contributed by atoms with Gasteiger partial charge in [-0.2, -0.15) is 9.61 Å². The molecule has 5 nitrogen and oxygen atoms in total. The second kappa shape index (κ2) is 11.0. The molecule has 1 saturated carbocycles. The van der Waals surface area contributed by atoms with Crippen LogP contribution in [0.2, 0.25) is 5.02 Å².